The molecule has 5 nitrogen and oxygen atoms in total. The van der Waals surface area contributed by atoms with E-state index < -0.39 is 0 Å². The van der Waals surface area contributed by atoms with E-state index in [0.717, 1.165) is 43.4 Å². The number of likely N-dealkylation sites (tertiary alicyclic amines) is 1. The number of benzene rings is 1. The van der Waals surface area contributed by atoms with Crippen molar-refractivity contribution in [3.63, 3.8) is 0 Å². The Morgan fingerprint density at radius 2 is 1.76 bits per heavy atom. The Hall–Kier alpha value is -2.32. The van der Waals surface area contributed by atoms with Crippen molar-refractivity contribution in [3.05, 3.63) is 42.2 Å². The average molecular weight is 336 g/mol. The highest BCUT2D eigenvalue weighted by atomic mass is 16.5. The zero-order valence-corrected chi connectivity index (χ0v) is 14.5. The normalized spacial score (nSPS) is 19.8. The highest BCUT2D eigenvalue weighted by molar-refractivity contribution is 5.38. The maximum atomic E-state index is 8.89. The van der Waals surface area contributed by atoms with Gasteiger partial charge < -0.3 is 9.64 Å². The summed E-state index contributed by atoms with van der Waals surface area (Å²) in [5.41, 5.74) is 1.50. The molecule has 2 fully saturated rings. The molecule has 1 saturated heterocycles. The number of hydrogen-bond donors (Lipinski definition) is 0. The number of hydrogen-bond acceptors (Lipinski definition) is 4. The maximum Gasteiger partial charge on any atom is 0.119 e. The third-order valence-electron chi connectivity index (χ3n) is 5.43. The minimum absolute atomic E-state index is 0.318. The zero-order chi connectivity index (χ0) is 17.1. The zero-order valence-electron chi connectivity index (χ0n) is 14.5. The van der Waals surface area contributed by atoms with Crippen LogP contribution in [0.15, 0.2) is 36.7 Å². The quantitative estimate of drug-likeness (QED) is 0.857. The lowest BCUT2D eigenvalue weighted by Crippen LogP contribution is -2.43. The van der Waals surface area contributed by atoms with Crippen LogP contribution in [0.4, 0.5) is 0 Å². The molecule has 0 amide bonds. The Labute approximate surface area is 148 Å². The summed E-state index contributed by atoms with van der Waals surface area (Å²) in [6.07, 6.45) is 11.4. The molecule has 2 aromatic rings. The lowest BCUT2D eigenvalue weighted by molar-refractivity contribution is 0.0768. The molecule has 0 bridgehead atoms. The molecule has 2 heterocycles. The summed E-state index contributed by atoms with van der Waals surface area (Å²) in [5, 5.41) is 13.1. The third kappa shape index (κ3) is 3.69. The summed E-state index contributed by atoms with van der Waals surface area (Å²) in [5.74, 6) is 0.913. The molecule has 25 heavy (non-hydrogen) atoms. The predicted octanol–water partition coefficient (Wildman–Crippen LogP) is 3.53. The lowest BCUT2D eigenvalue weighted by Gasteiger charge is -2.36. The van der Waals surface area contributed by atoms with Crippen LogP contribution in [0.3, 0.4) is 0 Å². The van der Waals surface area contributed by atoms with Crippen LogP contribution < -0.4 is 4.74 Å². The smallest absolute Gasteiger partial charge is 0.119 e. The van der Waals surface area contributed by atoms with Gasteiger partial charge in [0.15, 0.2) is 0 Å². The topological polar surface area (TPSA) is 54.1 Å². The molecule has 0 spiro atoms. The average Bonchev–Trinajstić information content (AvgIpc) is 3.35. The largest absolute Gasteiger partial charge is 0.490 e. The van der Waals surface area contributed by atoms with Gasteiger partial charge in [0.25, 0.3) is 0 Å². The molecule has 1 aromatic carbocycles. The van der Waals surface area contributed by atoms with Gasteiger partial charge in [-0.3, -0.25) is 0 Å². The SMILES string of the molecule is N#Cc1cnn(-c2ccc(OC3CCN(C4CCCC4)CC3)cc2)c1. The summed E-state index contributed by atoms with van der Waals surface area (Å²) >= 11 is 0. The lowest BCUT2D eigenvalue weighted by atomic mass is 10.0. The van der Waals surface area contributed by atoms with Crippen LogP contribution in [0.5, 0.6) is 5.75 Å². The van der Waals surface area contributed by atoms with E-state index in [2.05, 4.69) is 16.1 Å². The van der Waals surface area contributed by atoms with Crippen molar-refractivity contribution in [2.24, 2.45) is 0 Å². The Bertz CT molecular complexity index is 732. The maximum absolute atomic E-state index is 8.89. The molecular formula is C20H24N4O. The van der Waals surface area contributed by atoms with Gasteiger partial charge in [-0.1, -0.05) is 12.8 Å². The Balaban J connectivity index is 1.32. The van der Waals surface area contributed by atoms with Gasteiger partial charge in [0.1, 0.15) is 17.9 Å². The fraction of sp³-hybridized carbons (Fsp3) is 0.500. The van der Waals surface area contributed by atoms with E-state index in [1.807, 2.05) is 24.3 Å². The molecule has 130 valence electrons. The summed E-state index contributed by atoms with van der Waals surface area (Å²) in [6.45, 7) is 2.33. The van der Waals surface area contributed by atoms with E-state index in [1.165, 1.54) is 25.7 Å². The number of nitriles is 1. The van der Waals surface area contributed by atoms with Crippen molar-refractivity contribution in [2.45, 2.75) is 50.7 Å². The number of piperidine rings is 1. The molecule has 0 unspecified atom stereocenters. The Morgan fingerprint density at radius 1 is 1.04 bits per heavy atom. The highest BCUT2D eigenvalue weighted by Gasteiger charge is 2.27. The minimum Gasteiger partial charge on any atom is -0.490 e. The molecular weight excluding hydrogens is 312 g/mol. The van der Waals surface area contributed by atoms with Gasteiger partial charge in [-0.25, -0.2) is 4.68 Å². The van der Waals surface area contributed by atoms with Crippen LogP contribution in [0.2, 0.25) is 0 Å². The van der Waals surface area contributed by atoms with Gasteiger partial charge in [-0.2, -0.15) is 10.4 Å². The van der Waals surface area contributed by atoms with E-state index in [0.29, 0.717) is 11.7 Å². The van der Waals surface area contributed by atoms with Crippen molar-refractivity contribution in [1.82, 2.24) is 14.7 Å². The van der Waals surface area contributed by atoms with Crippen molar-refractivity contribution in [3.8, 4) is 17.5 Å². The monoisotopic (exact) mass is 336 g/mol. The summed E-state index contributed by atoms with van der Waals surface area (Å²) < 4.78 is 7.89. The van der Waals surface area contributed by atoms with Gasteiger partial charge in [0, 0.05) is 25.3 Å². The third-order valence-corrected chi connectivity index (χ3v) is 5.43. The van der Waals surface area contributed by atoms with Crippen molar-refractivity contribution >= 4 is 0 Å². The van der Waals surface area contributed by atoms with E-state index in [4.69, 9.17) is 10.00 Å². The first kappa shape index (κ1) is 16.2. The minimum atomic E-state index is 0.318. The molecule has 1 saturated carbocycles. The Morgan fingerprint density at radius 3 is 2.40 bits per heavy atom. The summed E-state index contributed by atoms with van der Waals surface area (Å²) in [6, 6.07) is 10.9. The first-order valence-corrected chi connectivity index (χ1v) is 9.28. The van der Waals surface area contributed by atoms with E-state index in [-0.39, 0.29) is 0 Å². The second-order valence-electron chi connectivity index (χ2n) is 7.07. The number of rotatable bonds is 4. The standard InChI is InChI=1S/C20H24N4O/c21-13-16-14-22-24(15-16)18-5-7-19(8-6-18)25-20-9-11-23(12-10-20)17-3-1-2-4-17/h5-8,14-15,17,20H,1-4,9-12H2. The van der Waals surface area contributed by atoms with E-state index in [9.17, 15) is 0 Å². The number of ether oxygens (including phenoxy) is 1. The Kier molecular flexibility index (Phi) is 4.71. The first-order valence-electron chi connectivity index (χ1n) is 9.28. The number of nitrogens with zero attached hydrogens (tertiary/aromatic N) is 4. The van der Waals surface area contributed by atoms with Crippen molar-refractivity contribution in [1.29, 1.82) is 5.26 Å². The van der Waals surface area contributed by atoms with Crippen LogP contribution in [0.25, 0.3) is 5.69 Å². The molecule has 1 aliphatic heterocycles. The summed E-state index contributed by atoms with van der Waals surface area (Å²) in [4.78, 5) is 2.67. The number of aromatic nitrogens is 2. The van der Waals surface area contributed by atoms with Gasteiger partial charge in [-0.15, -0.1) is 0 Å². The molecule has 5 heteroatoms. The van der Waals surface area contributed by atoms with E-state index in [1.54, 1.807) is 17.1 Å². The molecule has 2 aliphatic rings. The van der Waals surface area contributed by atoms with Gasteiger partial charge in [0.05, 0.1) is 17.4 Å². The molecule has 1 aromatic heterocycles. The van der Waals surface area contributed by atoms with Crippen molar-refractivity contribution in [2.75, 3.05) is 13.1 Å². The molecule has 0 atom stereocenters. The molecule has 0 radical (unpaired) electrons. The highest BCUT2D eigenvalue weighted by Crippen LogP contribution is 2.27. The van der Waals surface area contributed by atoms with Crippen LogP contribution in [0, 0.1) is 11.3 Å². The van der Waals surface area contributed by atoms with Crippen LogP contribution in [-0.2, 0) is 0 Å². The predicted molar refractivity (Wildman–Crippen MR) is 95.8 cm³/mol. The second-order valence-corrected chi connectivity index (χ2v) is 7.07. The van der Waals surface area contributed by atoms with Crippen LogP contribution >= 0.6 is 0 Å². The summed E-state index contributed by atoms with van der Waals surface area (Å²) in [7, 11) is 0. The van der Waals surface area contributed by atoms with Crippen LogP contribution in [-0.4, -0.2) is 39.9 Å². The first-order chi connectivity index (χ1) is 12.3. The molecule has 4 rings (SSSR count). The van der Waals surface area contributed by atoms with Crippen molar-refractivity contribution < 1.29 is 4.74 Å². The molecule has 1 aliphatic carbocycles. The van der Waals surface area contributed by atoms with Gasteiger partial charge in [-0.05, 0) is 49.9 Å². The van der Waals surface area contributed by atoms with E-state index >= 15 is 0 Å². The molecule has 0 N–H and O–H groups in total. The second kappa shape index (κ2) is 7.28. The van der Waals surface area contributed by atoms with Crippen LogP contribution in [0.1, 0.15) is 44.1 Å². The van der Waals surface area contributed by atoms with Gasteiger partial charge >= 0.3 is 0 Å². The fourth-order valence-electron chi connectivity index (χ4n) is 4.02. The fourth-order valence-corrected chi connectivity index (χ4v) is 4.02. The van der Waals surface area contributed by atoms with Gasteiger partial charge in [0.2, 0.25) is 0 Å².